The summed E-state index contributed by atoms with van der Waals surface area (Å²) in [6, 6.07) is 2.28. The average Bonchev–Trinajstić information content (AvgIpc) is 2.53. The van der Waals surface area contributed by atoms with Gasteiger partial charge in [-0.2, -0.15) is 5.10 Å². The smallest absolute Gasteiger partial charge is 0.0671 e. The van der Waals surface area contributed by atoms with E-state index in [0.717, 1.165) is 25.2 Å². The van der Waals surface area contributed by atoms with Crippen LogP contribution in [0, 0.1) is 0 Å². The Labute approximate surface area is 78.1 Å². The highest BCUT2D eigenvalue weighted by Crippen LogP contribution is 2.22. The highest BCUT2D eigenvalue weighted by atomic mass is 15.2. The maximum Gasteiger partial charge on any atom is 0.0671 e. The van der Waals surface area contributed by atoms with Crippen molar-refractivity contribution in [1.29, 1.82) is 0 Å². The highest BCUT2D eigenvalue weighted by Gasteiger charge is 2.24. The van der Waals surface area contributed by atoms with Crippen LogP contribution in [0.2, 0.25) is 0 Å². The molecule has 4 heteroatoms. The Bertz CT molecular complexity index is 281. The molecule has 1 aliphatic heterocycles. The Morgan fingerprint density at radius 3 is 3.15 bits per heavy atom. The topological polar surface area (TPSA) is 55.9 Å². The van der Waals surface area contributed by atoms with Gasteiger partial charge >= 0.3 is 0 Å². The maximum absolute atomic E-state index is 6.01. The SMILES string of the molecule is Cn1ccc(C2CCNCC2N)n1. The first-order valence-corrected chi connectivity index (χ1v) is 4.73. The van der Waals surface area contributed by atoms with Crippen molar-refractivity contribution in [2.75, 3.05) is 13.1 Å². The first-order chi connectivity index (χ1) is 6.27. The average molecular weight is 180 g/mol. The second-order valence-corrected chi connectivity index (χ2v) is 3.68. The van der Waals surface area contributed by atoms with Crippen molar-refractivity contribution in [3.63, 3.8) is 0 Å². The Hall–Kier alpha value is -0.870. The first-order valence-electron chi connectivity index (χ1n) is 4.73. The number of aromatic nitrogens is 2. The van der Waals surface area contributed by atoms with Crippen LogP contribution < -0.4 is 11.1 Å². The molecule has 0 saturated carbocycles. The Kier molecular flexibility index (Phi) is 2.33. The molecule has 13 heavy (non-hydrogen) atoms. The minimum absolute atomic E-state index is 0.212. The van der Waals surface area contributed by atoms with Gasteiger partial charge in [-0.3, -0.25) is 4.68 Å². The van der Waals surface area contributed by atoms with Crippen molar-refractivity contribution in [1.82, 2.24) is 15.1 Å². The molecule has 0 bridgehead atoms. The fourth-order valence-electron chi connectivity index (χ4n) is 1.88. The van der Waals surface area contributed by atoms with Gasteiger partial charge in [0, 0.05) is 31.7 Å². The third kappa shape index (κ3) is 1.73. The summed E-state index contributed by atoms with van der Waals surface area (Å²) < 4.78 is 1.84. The quantitative estimate of drug-likeness (QED) is 0.630. The minimum atomic E-state index is 0.212. The molecule has 0 aromatic carbocycles. The van der Waals surface area contributed by atoms with Gasteiger partial charge in [-0.05, 0) is 19.0 Å². The summed E-state index contributed by atoms with van der Waals surface area (Å²) in [5.41, 5.74) is 7.14. The van der Waals surface area contributed by atoms with Crippen LogP contribution in [0.25, 0.3) is 0 Å². The molecule has 0 amide bonds. The van der Waals surface area contributed by atoms with E-state index in [1.807, 2.05) is 17.9 Å². The molecule has 72 valence electrons. The summed E-state index contributed by atoms with van der Waals surface area (Å²) in [5, 5.41) is 7.68. The van der Waals surface area contributed by atoms with E-state index < -0.39 is 0 Å². The number of nitrogens with two attached hydrogens (primary N) is 1. The third-order valence-corrected chi connectivity index (χ3v) is 2.64. The zero-order chi connectivity index (χ0) is 9.26. The van der Waals surface area contributed by atoms with Gasteiger partial charge in [0.25, 0.3) is 0 Å². The van der Waals surface area contributed by atoms with Crippen molar-refractivity contribution in [2.24, 2.45) is 12.8 Å². The second-order valence-electron chi connectivity index (χ2n) is 3.68. The Morgan fingerprint density at radius 2 is 2.54 bits per heavy atom. The molecule has 1 aliphatic rings. The van der Waals surface area contributed by atoms with Crippen molar-refractivity contribution in [3.05, 3.63) is 18.0 Å². The lowest BCUT2D eigenvalue weighted by molar-refractivity contribution is 0.395. The standard InChI is InChI=1S/C9H16N4/c1-13-5-3-9(12-13)7-2-4-11-6-8(7)10/h3,5,7-8,11H,2,4,6,10H2,1H3. The van der Waals surface area contributed by atoms with E-state index in [1.54, 1.807) is 0 Å². The minimum Gasteiger partial charge on any atom is -0.326 e. The Balaban J connectivity index is 2.14. The molecule has 4 nitrogen and oxygen atoms in total. The fourth-order valence-corrected chi connectivity index (χ4v) is 1.88. The van der Waals surface area contributed by atoms with Crippen LogP contribution in [0.1, 0.15) is 18.0 Å². The molecule has 2 heterocycles. The van der Waals surface area contributed by atoms with Crippen LogP contribution >= 0.6 is 0 Å². The predicted molar refractivity (Wildman–Crippen MR) is 51.4 cm³/mol. The molecule has 3 N–H and O–H groups in total. The molecule has 2 unspecified atom stereocenters. The number of hydrogen-bond donors (Lipinski definition) is 2. The molecule has 1 aromatic heterocycles. The van der Waals surface area contributed by atoms with Crippen molar-refractivity contribution in [3.8, 4) is 0 Å². The maximum atomic E-state index is 6.01. The number of hydrogen-bond acceptors (Lipinski definition) is 3. The number of piperidine rings is 1. The van der Waals surface area contributed by atoms with Gasteiger partial charge in [0.15, 0.2) is 0 Å². The number of aryl methyl sites for hydroxylation is 1. The van der Waals surface area contributed by atoms with E-state index >= 15 is 0 Å². The van der Waals surface area contributed by atoms with Gasteiger partial charge in [0.05, 0.1) is 5.69 Å². The van der Waals surface area contributed by atoms with Crippen LogP contribution in [0.3, 0.4) is 0 Å². The van der Waals surface area contributed by atoms with Crippen LogP contribution in [0.5, 0.6) is 0 Å². The molecule has 1 saturated heterocycles. The molecule has 2 rings (SSSR count). The van der Waals surface area contributed by atoms with Gasteiger partial charge in [-0.15, -0.1) is 0 Å². The summed E-state index contributed by atoms with van der Waals surface area (Å²) in [5.74, 6) is 0.433. The van der Waals surface area contributed by atoms with Crippen LogP contribution in [-0.4, -0.2) is 28.9 Å². The third-order valence-electron chi connectivity index (χ3n) is 2.64. The molecular weight excluding hydrogens is 164 g/mol. The second kappa shape index (κ2) is 3.47. The molecule has 2 atom stereocenters. The largest absolute Gasteiger partial charge is 0.326 e. The number of nitrogens with one attached hydrogen (secondary N) is 1. The lowest BCUT2D eigenvalue weighted by atomic mass is 9.90. The van der Waals surface area contributed by atoms with Crippen molar-refractivity contribution in [2.45, 2.75) is 18.4 Å². The van der Waals surface area contributed by atoms with E-state index in [4.69, 9.17) is 5.73 Å². The van der Waals surface area contributed by atoms with E-state index in [0.29, 0.717) is 5.92 Å². The van der Waals surface area contributed by atoms with E-state index in [-0.39, 0.29) is 6.04 Å². The molecule has 0 aliphatic carbocycles. The fraction of sp³-hybridized carbons (Fsp3) is 0.667. The van der Waals surface area contributed by atoms with Crippen LogP contribution in [0.4, 0.5) is 0 Å². The normalized spacial score (nSPS) is 29.1. The number of nitrogens with zero attached hydrogens (tertiary/aromatic N) is 2. The van der Waals surface area contributed by atoms with Crippen LogP contribution in [-0.2, 0) is 7.05 Å². The van der Waals surface area contributed by atoms with Crippen molar-refractivity contribution < 1.29 is 0 Å². The predicted octanol–water partition coefficient (Wildman–Crippen LogP) is -0.176. The van der Waals surface area contributed by atoms with E-state index in [9.17, 15) is 0 Å². The summed E-state index contributed by atoms with van der Waals surface area (Å²) in [4.78, 5) is 0. The molecule has 1 fully saturated rings. The molecule has 0 radical (unpaired) electrons. The molecule has 1 aromatic rings. The zero-order valence-corrected chi connectivity index (χ0v) is 7.90. The van der Waals surface area contributed by atoms with E-state index in [1.165, 1.54) is 0 Å². The van der Waals surface area contributed by atoms with Gasteiger partial charge in [0.1, 0.15) is 0 Å². The van der Waals surface area contributed by atoms with Crippen molar-refractivity contribution >= 4 is 0 Å². The van der Waals surface area contributed by atoms with Gasteiger partial charge < -0.3 is 11.1 Å². The highest BCUT2D eigenvalue weighted by molar-refractivity contribution is 5.11. The Morgan fingerprint density at radius 1 is 1.69 bits per heavy atom. The molecule has 0 spiro atoms. The summed E-state index contributed by atoms with van der Waals surface area (Å²) in [7, 11) is 1.94. The summed E-state index contributed by atoms with van der Waals surface area (Å²) >= 11 is 0. The van der Waals surface area contributed by atoms with Gasteiger partial charge in [-0.25, -0.2) is 0 Å². The summed E-state index contributed by atoms with van der Waals surface area (Å²) in [6.45, 7) is 1.95. The monoisotopic (exact) mass is 180 g/mol. The first kappa shape index (κ1) is 8.72. The van der Waals surface area contributed by atoms with E-state index in [2.05, 4.69) is 16.5 Å². The lowest BCUT2D eigenvalue weighted by Crippen LogP contribution is -2.44. The van der Waals surface area contributed by atoms with Gasteiger partial charge in [0.2, 0.25) is 0 Å². The zero-order valence-electron chi connectivity index (χ0n) is 7.90. The van der Waals surface area contributed by atoms with Crippen LogP contribution in [0.15, 0.2) is 12.3 Å². The summed E-state index contributed by atoms with van der Waals surface area (Å²) in [6.07, 6.45) is 3.07. The number of rotatable bonds is 1. The lowest BCUT2D eigenvalue weighted by Gasteiger charge is -2.27. The molecular formula is C9H16N4. The van der Waals surface area contributed by atoms with Gasteiger partial charge in [-0.1, -0.05) is 0 Å².